The van der Waals surface area contributed by atoms with E-state index in [4.69, 9.17) is 0 Å². The highest BCUT2D eigenvalue weighted by molar-refractivity contribution is 6.03. The molecule has 1 amide bonds. The van der Waals surface area contributed by atoms with Crippen molar-refractivity contribution in [2.24, 2.45) is 0 Å². The van der Waals surface area contributed by atoms with Crippen molar-refractivity contribution in [2.75, 3.05) is 5.32 Å². The lowest BCUT2D eigenvalue weighted by atomic mass is 10.3. The van der Waals surface area contributed by atoms with Crippen LogP contribution in [0.5, 0.6) is 0 Å². The van der Waals surface area contributed by atoms with Crippen molar-refractivity contribution in [2.45, 2.75) is 13.8 Å². The predicted molar refractivity (Wildman–Crippen MR) is 104 cm³/mol. The van der Waals surface area contributed by atoms with E-state index in [9.17, 15) is 13.6 Å². The number of anilines is 1. The fourth-order valence-corrected chi connectivity index (χ4v) is 3.00. The summed E-state index contributed by atoms with van der Waals surface area (Å²) in [6.45, 7) is 3.52. The zero-order chi connectivity index (χ0) is 20.5. The molecule has 2 heterocycles. The number of aromatic nitrogens is 4. The number of para-hydroxylation sites is 1. The quantitative estimate of drug-likeness (QED) is 0.565. The van der Waals surface area contributed by atoms with Crippen molar-refractivity contribution in [1.29, 1.82) is 0 Å². The Kier molecular flexibility index (Phi) is 4.67. The monoisotopic (exact) mass is 393 g/mol. The summed E-state index contributed by atoms with van der Waals surface area (Å²) in [5.74, 6) is -1.39. The van der Waals surface area contributed by atoms with Crippen molar-refractivity contribution in [3.05, 3.63) is 89.4 Å². The van der Waals surface area contributed by atoms with Gasteiger partial charge in [-0.2, -0.15) is 10.2 Å². The highest BCUT2D eigenvalue weighted by Crippen LogP contribution is 2.21. The number of hydrogen-bond donors (Lipinski definition) is 1. The Morgan fingerprint density at radius 2 is 1.76 bits per heavy atom. The minimum absolute atomic E-state index is 0.0634. The van der Waals surface area contributed by atoms with E-state index < -0.39 is 17.5 Å². The van der Waals surface area contributed by atoms with Gasteiger partial charge in [-0.3, -0.25) is 4.79 Å². The number of benzene rings is 2. The standard InChI is InChI=1S/C21H17F2N5O/c1-13-12-24-28(16-6-4-3-5-7-16)20(13)25-21(29)18-10-14(2)27(26-18)19-9-8-15(22)11-17(19)23/h3-12H,1-2H3,(H,25,29). The molecule has 146 valence electrons. The zero-order valence-electron chi connectivity index (χ0n) is 15.7. The third kappa shape index (κ3) is 3.52. The summed E-state index contributed by atoms with van der Waals surface area (Å²) in [6.07, 6.45) is 1.65. The Labute approximate surface area is 165 Å². The summed E-state index contributed by atoms with van der Waals surface area (Å²) in [7, 11) is 0. The third-order valence-corrected chi connectivity index (χ3v) is 4.44. The first-order chi connectivity index (χ1) is 13.9. The molecule has 0 aliphatic heterocycles. The first-order valence-electron chi connectivity index (χ1n) is 8.87. The van der Waals surface area contributed by atoms with Gasteiger partial charge in [-0.25, -0.2) is 18.1 Å². The number of nitrogens with one attached hydrogen (secondary N) is 1. The average Bonchev–Trinajstić information content (AvgIpc) is 3.26. The Hall–Kier alpha value is -3.81. The van der Waals surface area contributed by atoms with Crippen LogP contribution in [0.3, 0.4) is 0 Å². The number of rotatable bonds is 4. The number of carbonyl (C=O) groups excluding carboxylic acids is 1. The van der Waals surface area contributed by atoms with Gasteiger partial charge in [0.1, 0.15) is 17.3 Å². The Bertz CT molecular complexity index is 1200. The van der Waals surface area contributed by atoms with Gasteiger partial charge < -0.3 is 5.32 Å². The molecule has 4 rings (SSSR count). The van der Waals surface area contributed by atoms with E-state index >= 15 is 0 Å². The number of hydrogen-bond acceptors (Lipinski definition) is 3. The molecule has 0 bridgehead atoms. The molecule has 0 saturated carbocycles. The molecule has 1 N–H and O–H groups in total. The second-order valence-corrected chi connectivity index (χ2v) is 6.56. The molecule has 0 fully saturated rings. The van der Waals surface area contributed by atoms with Crippen molar-refractivity contribution in [3.8, 4) is 11.4 Å². The van der Waals surface area contributed by atoms with Crippen LogP contribution in [-0.4, -0.2) is 25.5 Å². The molecule has 0 radical (unpaired) electrons. The molecule has 8 heteroatoms. The molecule has 0 spiro atoms. The third-order valence-electron chi connectivity index (χ3n) is 4.44. The van der Waals surface area contributed by atoms with Crippen LogP contribution in [0.4, 0.5) is 14.6 Å². The molecule has 2 aromatic heterocycles. The first-order valence-corrected chi connectivity index (χ1v) is 8.87. The van der Waals surface area contributed by atoms with E-state index in [1.165, 1.54) is 16.8 Å². The zero-order valence-corrected chi connectivity index (χ0v) is 15.7. The Morgan fingerprint density at radius 1 is 1.00 bits per heavy atom. The molecule has 0 unspecified atom stereocenters. The lowest BCUT2D eigenvalue weighted by molar-refractivity contribution is 0.102. The summed E-state index contributed by atoms with van der Waals surface area (Å²) in [5.41, 5.74) is 2.28. The van der Waals surface area contributed by atoms with Crippen LogP contribution in [0, 0.1) is 25.5 Å². The van der Waals surface area contributed by atoms with Gasteiger partial charge >= 0.3 is 0 Å². The number of carbonyl (C=O) groups is 1. The molecular formula is C21H17F2N5O. The Balaban J connectivity index is 1.65. The molecule has 4 aromatic rings. The van der Waals surface area contributed by atoms with Gasteiger partial charge in [-0.1, -0.05) is 18.2 Å². The normalized spacial score (nSPS) is 10.9. The second-order valence-electron chi connectivity index (χ2n) is 6.56. The van der Waals surface area contributed by atoms with E-state index in [0.29, 0.717) is 11.5 Å². The van der Waals surface area contributed by atoms with E-state index in [1.54, 1.807) is 17.8 Å². The molecule has 2 aromatic carbocycles. The predicted octanol–water partition coefficient (Wildman–Crippen LogP) is 4.21. The van der Waals surface area contributed by atoms with Gasteiger partial charge in [0, 0.05) is 17.3 Å². The van der Waals surface area contributed by atoms with Crippen LogP contribution >= 0.6 is 0 Å². The number of aryl methyl sites for hydroxylation is 2. The first kappa shape index (κ1) is 18.5. The van der Waals surface area contributed by atoms with Crippen LogP contribution in [0.2, 0.25) is 0 Å². The van der Waals surface area contributed by atoms with Gasteiger partial charge in [0.25, 0.3) is 5.91 Å². The highest BCUT2D eigenvalue weighted by atomic mass is 19.1. The van der Waals surface area contributed by atoms with Crippen LogP contribution < -0.4 is 5.32 Å². The van der Waals surface area contributed by atoms with Gasteiger partial charge in [0.05, 0.1) is 11.9 Å². The minimum Gasteiger partial charge on any atom is -0.305 e. The SMILES string of the molecule is Cc1cnn(-c2ccccc2)c1NC(=O)c1cc(C)n(-c2ccc(F)cc2F)n1. The maximum Gasteiger partial charge on any atom is 0.277 e. The molecule has 0 saturated heterocycles. The minimum atomic E-state index is -0.763. The number of nitrogens with zero attached hydrogens (tertiary/aromatic N) is 4. The summed E-state index contributed by atoms with van der Waals surface area (Å²) >= 11 is 0. The number of amides is 1. The van der Waals surface area contributed by atoms with E-state index in [0.717, 1.165) is 23.4 Å². The van der Waals surface area contributed by atoms with E-state index in [-0.39, 0.29) is 11.4 Å². The van der Waals surface area contributed by atoms with E-state index in [2.05, 4.69) is 15.5 Å². The van der Waals surface area contributed by atoms with Crippen molar-refractivity contribution in [1.82, 2.24) is 19.6 Å². The number of halogens is 2. The van der Waals surface area contributed by atoms with Crippen LogP contribution in [0.15, 0.2) is 60.8 Å². The molecule has 0 aliphatic carbocycles. The van der Waals surface area contributed by atoms with Crippen molar-refractivity contribution < 1.29 is 13.6 Å². The second kappa shape index (κ2) is 7.31. The Morgan fingerprint density at radius 3 is 2.48 bits per heavy atom. The summed E-state index contributed by atoms with van der Waals surface area (Å²) in [6, 6.07) is 14.1. The molecule has 0 aliphatic rings. The summed E-state index contributed by atoms with van der Waals surface area (Å²) in [4.78, 5) is 12.8. The van der Waals surface area contributed by atoms with E-state index in [1.807, 2.05) is 37.3 Å². The van der Waals surface area contributed by atoms with Crippen LogP contribution in [0.1, 0.15) is 21.7 Å². The maximum absolute atomic E-state index is 14.1. The van der Waals surface area contributed by atoms with Gasteiger partial charge in [0.15, 0.2) is 11.5 Å². The fourth-order valence-electron chi connectivity index (χ4n) is 3.00. The van der Waals surface area contributed by atoms with Crippen molar-refractivity contribution in [3.63, 3.8) is 0 Å². The highest BCUT2D eigenvalue weighted by Gasteiger charge is 2.19. The lowest BCUT2D eigenvalue weighted by Gasteiger charge is -2.09. The molecule has 29 heavy (non-hydrogen) atoms. The van der Waals surface area contributed by atoms with Gasteiger partial charge in [-0.15, -0.1) is 0 Å². The topological polar surface area (TPSA) is 64.7 Å². The average molecular weight is 393 g/mol. The smallest absolute Gasteiger partial charge is 0.277 e. The van der Waals surface area contributed by atoms with Gasteiger partial charge in [-0.05, 0) is 44.2 Å². The summed E-state index contributed by atoms with van der Waals surface area (Å²) < 4.78 is 30.2. The van der Waals surface area contributed by atoms with Gasteiger partial charge in [0.2, 0.25) is 0 Å². The molecule has 0 atom stereocenters. The lowest BCUT2D eigenvalue weighted by Crippen LogP contribution is -2.17. The largest absolute Gasteiger partial charge is 0.305 e. The van der Waals surface area contributed by atoms with Crippen LogP contribution in [0.25, 0.3) is 11.4 Å². The summed E-state index contributed by atoms with van der Waals surface area (Å²) in [5, 5.41) is 11.3. The molecule has 6 nitrogen and oxygen atoms in total. The maximum atomic E-state index is 14.1. The van der Waals surface area contributed by atoms with Crippen molar-refractivity contribution >= 4 is 11.7 Å². The molecular weight excluding hydrogens is 376 g/mol. The fraction of sp³-hybridized carbons (Fsp3) is 0.0952. The van der Waals surface area contributed by atoms with Crippen LogP contribution in [-0.2, 0) is 0 Å².